The Kier molecular flexibility index (Phi) is 7.33. The topological polar surface area (TPSA) is 121 Å². The van der Waals surface area contributed by atoms with Gasteiger partial charge in [-0.25, -0.2) is 9.78 Å². The maximum atomic E-state index is 11.2. The van der Waals surface area contributed by atoms with Gasteiger partial charge in [-0.1, -0.05) is 0 Å². The molecule has 1 unspecified atom stereocenters. The van der Waals surface area contributed by atoms with E-state index in [0.717, 1.165) is 0 Å². The van der Waals surface area contributed by atoms with Crippen LogP contribution < -0.4 is 11.1 Å². The van der Waals surface area contributed by atoms with Crippen molar-refractivity contribution in [2.75, 3.05) is 6.54 Å². The van der Waals surface area contributed by atoms with Gasteiger partial charge in [0.15, 0.2) is 0 Å². The van der Waals surface area contributed by atoms with E-state index in [9.17, 15) is 9.59 Å². The number of hydrogen-bond donors (Lipinski definition) is 4. The fourth-order valence-electron chi connectivity index (χ4n) is 1.21. The van der Waals surface area contributed by atoms with E-state index >= 15 is 0 Å². The van der Waals surface area contributed by atoms with Crippen molar-refractivity contribution in [3.05, 3.63) is 18.2 Å². The zero-order chi connectivity index (χ0) is 12.0. The Morgan fingerprint density at radius 1 is 1.59 bits per heavy atom. The number of aliphatic carboxylic acids is 1. The van der Waals surface area contributed by atoms with Gasteiger partial charge in [0, 0.05) is 50.8 Å². The first kappa shape index (κ1) is 15.7. The molecule has 8 heteroatoms. The van der Waals surface area contributed by atoms with Gasteiger partial charge >= 0.3 is 5.97 Å². The second-order valence-electron chi connectivity index (χ2n) is 3.28. The smallest absolute Gasteiger partial charge is 0.326 e. The fourth-order valence-corrected chi connectivity index (χ4v) is 1.21. The largest absolute Gasteiger partial charge is 0.480 e. The average Bonchev–Trinajstić information content (AvgIpc) is 2.69. The summed E-state index contributed by atoms with van der Waals surface area (Å²) < 4.78 is 0. The van der Waals surface area contributed by atoms with E-state index < -0.39 is 12.0 Å². The molecule has 0 aliphatic heterocycles. The summed E-state index contributed by atoms with van der Waals surface area (Å²) >= 11 is 0. The molecule has 0 saturated carbocycles. The molecule has 1 aromatic heterocycles. The van der Waals surface area contributed by atoms with E-state index in [1.54, 1.807) is 0 Å². The Balaban J connectivity index is 0.00000256. The third-order valence-electron chi connectivity index (χ3n) is 1.98. The molecule has 1 atom stereocenters. The number of carbonyl (C=O) groups is 2. The zero-order valence-electron chi connectivity index (χ0n) is 9.35. The van der Waals surface area contributed by atoms with Crippen LogP contribution in [-0.2, 0) is 35.5 Å². The minimum Gasteiger partial charge on any atom is -0.480 e. The van der Waals surface area contributed by atoms with Crippen LogP contribution in [0, 0.1) is 0 Å². The third kappa shape index (κ3) is 5.56. The molecule has 7 nitrogen and oxygen atoms in total. The molecule has 5 N–H and O–H groups in total. The molecule has 1 rings (SSSR count). The summed E-state index contributed by atoms with van der Waals surface area (Å²) in [6.45, 7) is 0.197. The summed E-state index contributed by atoms with van der Waals surface area (Å²) in [6.07, 6.45) is 3.26. The summed E-state index contributed by atoms with van der Waals surface area (Å²) in [4.78, 5) is 28.6. The predicted molar refractivity (Wildman–Crippen MR) is 55.5 cm³/mol. The number of hydrogen-bond acceptors (Lipinski definition) is 4. The van der Waals surface area contributed by atoms with Gasteiger partial charge in [-0.05, 0) is 0 Å². The van der Waals surface area contributed by atoms with E-state index in [1.165, 1.54) is 12.5 Å². The van der Waals surface area contributed by atoms with Crippen molar-refractivity contribution in [1.29, 1.82) is 0 Å². The number of rotatable bonds is 6. The number of carboxylic acid groups (broad SMARTS) is 1. The minimum absolute atomic E-state index is 0. The van der Waals surface area contributed by atoms with E-state index in [-0.39, 0.29) is 44.8 Å². The maximum Gasteiger partial charge on any atom is 0.326 e. The molecule has 1 heterocycles. The van der Waals surface area contributed by atoms with E-state index in [4.69, 9.17) is 10.8 Å². The molecule has 0 aliphatic rings. The monoisotopic (exact) mass is 290 g/mol. The molecule has 0 spiro atoms. The number of imidazole rings is 1. The molecule has 90 valence electrons. The maximum absolute atomic E-state index is 11.2. The van der Waals surface area contributed by atoms with Crippen molar-refractivity contribution in [1.82, 2.24) is 15.3 Å². The number of nitrogens with zero attached hydrogens (tertiary/aromatic N) is 1. The molecular formula is C9H14N4O3Zn. The van der Waals surface area contributed by atoms with Crippen LogP contribution in [0.2, 0.25) is 0 Å². The first-order valence-electron chi connectivity index (χ1n) is 4.83. The van der Waals surface area contributed by atoms with Gasteiger partial charge in [-0.15, -0.1) is 0 Å². The van der Waals surface area contributed by atoms with Crippen LogP contribution in [0.3, 0.4) is 0 Å². The van der Waals surface area contributed by atoms with E-state index in [2.05, 4.69) is 15.3 Å². The number of carbonyl (C=O) groups excluding carboxylic acids is 1. The molecule has 0 bridgehead atoms. The number of amides is 1. The molecule has 0 aromatic carbocycles. The van der Waals surface area contributed by atoms with Crippen LogP contribution in [0.1, 0.15) is 12.1 Å². The third-order valence-corrected chi connectivity index (χ3v) is 1.98. The van der Waals surface area contributed by atoms with Gasteiger partial charge in [-0.2, -0.15) is 0 Å². The van der Waals surface area contributed by atoms with Crippen molar-refractivity contribution in [3.8, 4) is 0 Å². The van der Waals surface area contributed by atoms with Crippen molar-refractivity contribution in [3.63, 3.8) is 0 Å². The van der Waals surface area contributed by atoms with Crippen LogP contribution in [0.5, 0.6) is 0 Å². The Morgan fingerprint density at radius 3 is 2.76 bits per heavy atom. The number of nitrogens with one attached hydrogen (secondary N) is 2. The molecule has 1 aromatic rings. The summed E-state index contributed by atoms with van der Waals surface area (Å²) in [5.41, 5.74) is 5.85. The molecular weight excluding hydrogens is 278 g/mol. The summed E-state index contributed by atoms with van der Waals surface area (Å²) in [6, 6.07) is -0.959. The van der Waals surface area contributed by atoms with Crippen molar-refractivity contribution in [2.24, 2.45) is 5.73 Å². The molecule has 1 amide bonds. The molecule has 0 saturated heterocycles. The van der Waals surface area contributed by atoms with Crippen LogP contribution in [-0.4, -0.2) is 39.5 Å². The molecule has 0 radical (unpaired) electrons. The van der Waals surface area contributed by atoms with Gasteiger partial charge < -0.3 is 21.1 Å². The standard InChI is InChI=1S/C9H14N4O3.Zn/c10-2-1-8(14)13-7(9(15)16)3-6-4-11-5-12-6;/h4-5,7H,1-3,10H2,(H,11,12)(H,13,14)(H,15,16);. The quantitative estimate of drug-likeness (QED) is 0.494. The molecule has 0 fully saturated rings. The Labute approximate surface area is 111 Å². The fraction of sp³-hybridized carbons (Fsp3) is 0.444. The minimum atomic E-state index is -1.08. The first-order valence-corrected chi connectivity index (χ1v) is 4.83. The number of aromatic amines is 1. The average molecular weight is 292 g/mol. The van der Waals surface area contributed by atoms with Crippen LogP contribution in [0.25, 0.3) is 0 Å². The van der Waals surface area contributed by atoms with Gasteiger partial charge in [0.1, 0.15) is 6.04 Å². The van der Waals surface area contributed by atoms with Crippen LogP contribution in [0.4, 0.5) is 0 Å². The van der Waals surface area contributed by atoms with Gasteiger partial charge in [-0.3, -0.25) is 4.79 Å². The summed E-state index contributed by atoms with van der Waals surface area (Å²) in [7, 11) is 0. The van der Waals surface area contributed by atoms with E-state index in [1.807, 2.05) is 0 Å². The van der Waals surface area contributed by atoms with E-state index in [0.29, 0.717) is 5.69 Å². The number of nitrogens with two attached hydrogens (primary N) is 1. The zero-order valence-corrected chi connectivity index (χ0v) is 12.3. The van der Waals surface area contributed by atoms with Crippen molar-refractivity contribution < 1.29 is 34.2 Å². The molecule has 17 heavy (non-hydrogen) atoms. The normalized spacial score (nSPS) is 11.4. The number of H-pyrrole nitrogens is 1. The SMILES string of the molecule is NCCC(=O)NC(Cc1cnc[nH]1)C(=O)O.[Zn]. The van der Waals surface area contributed by atoms with Gasteiger partial charge in [0.25, 0.3) is 0 Å². The first-order chi connectivity index (χ1) is 7.63. The summed E-state index contributed by atoms with van der Waals surface area (Å²) in [5.74, 6) is -1.45. The number of aromatic nitrogens is 2. The van der Waals surface area contributed by atoms with Crippen molar-refractivity contribution >= 4 is 11.9 Å². The summed E-state index contributed by atoms with van der Waals surface area (Å²) in [5, 5.41) is 11.3. The Bertz CT molecular complexity index is 355. The van der Waals surface area contributed by atoms with Crippen LogP contribution in [0.15, 0.2) is 12.5 Å². The second-order valence-corrected chi connectivity index (χ2v) is 3.28. The van der Waals surface area contributed by atoms with Gasteiger partial charge in [0.2, 0.25) is 5.91 Å². The Morgan fingerprint density at radius 2 is 2.29 bits per heavy atom. The molecule has 0 aliphatic carbocycles. The van der Waals surface area contributed by atoms with Crippen LogP contribution >= 0.6 is 0 Å². The predicted octanol–water partition coefficient (Wildman–Crippen LogP) is -1.13. The second kappa shape index (κ2) is 7.92. The van der Waals surface area contributed by atoms with Gasteiger partial charge in [0.05, 0.1) is 6.33 Å². The Hall–Kier alpha value is -1.27. The van der Waals surface area contributed by atoms with Crippen molar-refractivity contribution in [2.45, 2.75) is 18.9 Å². The number of carboxylic acids is 1.